The lowest BCUT2D eigenvalue weighted by atomic mass is 10.1. The number of hydrogen-bond acceptors (Lipinski definition) is 2. The SMILES string of the molecule is OCCCc1cc(F)cc2ccoc12. The molecule has 1 N–H and O–H groups in total. The standard InChI is InChI=1S/C11H11FO2/c12-10-6-8(2-1-4-13)11-9(7-10)3-5-14-11/h3,5-7,13H,1-2,4H2. The normalized spacial score (nSPS) is 11.0. The second-order valence-corrected chi connectivity index (χ2v) is 3.23. The Balaban J connectivity index is 2.44. The van der Waals surface area contributed by atoms with Gasteiger partial charge in [-0.3, -0.25) is 0 Å². The van der Waals surface area contributed by atoms with E-state index < -0.39 is 0 Å². The van der Waals surface area contributed by atoms with Crippen molar-refractivity contribution < 1.29 is 13.9 Å². The molecular weight excluding hydrogens is 183 g/mol. The van der Waals surface area contributed by atoms with Crippen molar-refractivity contribution in [1.82, 2.24) is 0 Å². The Kier molecular flexibility index (Phi) is 2.50. The molecule has 2 rings (SSSR count). The van der Waals surface area contributed by atoms with Gasteiger partial charge in [-0.15, -0.1) is 0 Å². The van der Waals surface area contributed by atoms with E-state index in [0.717, 1.165) is 16.5 Å². The summed E-state index contributed by atoms with van der Waals surface area (Å²) in [7, 11) is 0. The molecule has 3 heteroatoms. The molecule has 0 atom stereocenters. The van der Waals surface area contributed by atoms with Crippen LogP contribution in [0.5, 0.6) is 0 Å². The van der Waals surface area contributed by atoms with Gasteiger partial charge in [-0.1, -0.05) is 0 Å². The second kappa shape index (κ2) is 3.80. The van der Waals surface area contributed by atoms with Gasteiger partial charge in [-0.2, -0.15) is 0 Å². The van der Waals surface area contributed by atoms with E-state index in [1.165, 1.54) is 12.1 Å². The van der Waals surface area contributed by atoms with Crippen LogP contribution in [0, 0.1) is 5.82 Å². The van der Waals surface area contributed by atoms with Gasteiger partial charge in [0, 0.05) is 12.0 Å². The minimum Gasteiger partial charge on any atom is -0.464 e. The van der Waals surface area contributed by atoms with Crippen LogP contribution >= 0.6 is 0 Å². The van der Waals surface area contributed by atoms with Gasteiger partial charge in [0.2, 0.25) is 0 Å². The number of hydrogen-bond donors (Lipinski definition) is 1. The van der Waals surface area contributed by atoms with Gasteiger partial charge in [-0.05, 0) is 36.6 Å². The molecule has 0 aliphatic heterocycles. The average molecular weight is 194 g/mol. The minimum atomic E-state index is -0.258. The molecule has 0 aliphatic carbocycles. The number of fused-ring (bicyclic) bond motifs is 1. The smallest absolute Gasteiger partial charge is 0.137 e. The van der Waals surface area contributed by atoms with Crippen LogP contribution < -0.4 is 0 Å². The highest BCUT2D eigenvalue weighted by Gasteiger charge is 2.06. The van der Waals surface area contributed by atoms with E-state index in [0.29, 0.717) is 12.8 Å². The van der Waals surface area contributed by atoms with E-state index in [1.807, 2.05) is 0 Å². The number of halogens is 1. The van der Waals surface area contributed by atoms with Crippen molar-refractivity contribution in [3.05, 3.63) is 35.8 Å². The fourth-order valence-electron chi connectivity index (χ4n) is 1.57. The Morgan fingerprint density at radius 1 is 1.36 bits per heavy atom. The van der Waals surface area contributed by atoms with Crippen molar-refractivity contribution in [2.75, 3.05) is 6.61 Å². The molecule has 0 fully saturated rings. The molecule has 2 nitrogen and oxygen atoms in total. The fraction of sp³-hybridized carbons (Fsp3) is 0.273. The second-order valence-electron chi connectivity index (χ2n) is 3.23. The van der Waals surface area contributed by atoms with E-state index in [1.54, 1.807) is 12.3 Å². The largest absolute Gasteiger partial charge is 0.464 e. The molecule has 1 heterocycles. The molecule has 14 heavy (non-hydrogen) atoms. The van der Waals surface area contributed by atoms with Crippen molar-refractivity contribution in [2.24, 2.45) is 0 Å². The summed E-state index contributed by atoms with van der Waals surface area (Å²) in [6.07, 6.45) is 2.81. The van der Waals surface area contributed by atoms with Crippen LogP contribution in [-0.4, -0.2) is 11.7 Å². The lowest BCUT2D eigenvalue weighted by Crippen LogP contribution is -1.91. The summed E-state index contributed by atoms with van der Waals surface area (Å²) in [6, 6.07) is 4.64. The van der Waals surface area contributed by atoms with Crippen molar-refractivity contribution >= 4 is 11.0 Å². The average Bonchev–Trinajstić information content (AvgIpc) is 2.61. The molecular formula is C11H11FO2. The van der Waals surface area contributed by atoms with Crippen molar-refractivity contribution in [1.29, 1.82) is 0 Å². The Labute approximate surface area is 81.0 Å². The van der Waals surface area contributed by atoms with Gasteiger partial charge in [-0.25, -0.2) is 4.39 Å². The molecule has 74 valence electrons. The third-order valence-electron chi connectivity index (χ3n) is 2.20. The van der Waals surface area contributed by atoms with Crippen LogP contribution in [0.4, 0.5) is 4.39 Å². The number of furan rings is 1. The summed E-state index contributed by atoms with van der Waals surface area (Å²) in [6.45, 7) is 0.110. The summed E-state index contributed by atoms with van der Waals surface area (Å²) in [5, 5.41) is 9.47. The molecule has 0 spiro atoms. The van der Waals surface area contributed by atoms with Gasteiger partial charge >= 0.3 is 0 Å². The van der Waals surface area contributed by atoms with Crippen LogP contribution in [0.25, 0.3) is 11.0 Å². The van der Waals surface area contributed by atoms with E-state index >= 15 is 0 Å². The summed E-state index contributed by atoms with van der Waals surface area (Å²) >= 11 is 0. The zero-order valence-electron chi connectivity index (χ0n) is 7.66. The van der Waals surface area contributed by atoms with E-state index in [9.17, 15) is 4.39 Å². The third kappa shape index (κ3) is 1.63. The Bertz CT molecular complexity index is 434. The maximum absolute atomic E-state index is 13.1. The van der Waals surface area contributed by atoms with Gasteiger partial charge in [0.25, 0.3) is 0 Å². The summed E-state index contributed by atoms with van der Waals surface area (Å²) in [4.78, 5) is 0. The molecule has 0 bridgehead atoms. The number of aliphatic hydroxyl groups excluding tert-OH is 1. The third-order valence-corrected chi connectivity index (χ3v) is 2.20. The van der Waals surface area contributed by atoms with Crippen LogP contribution in [0.1, 0.15) is 12.0 Å². The lowest BCUT2D eigenvalue weighted by molar-refractivity contribution is 0.288. The first-order chi connectivity index (χ1) is 6.81. The number of aryl methyl sites for hydroxylation is 1. The van der Waals surface area contributed by atoms with Gasteiger partial charge in [0.05, 0.1) is 6.26 Å². The minimum absolute atomic E-state index is 0.110. The Morgan fingerprint density at radius 3 is 3.00 bits per heavy atom. The summed E-state index contributed by atoms with van der Waals surface area (Å²) < 4.78 is 18.4. The highest BCUT2D eigenvalue weighted by Crippen LogP contribution is 2.22. The number of benzene rings is 1. The predicted octanol–water partition coefficient (Wildman–Crippen LogP) is 2.50. The summed E-state index contributed by atoms with van der Waals surface area (Å²) in [5.74, 6) is -0.258. The quantitative estimate of drug-likeness (QED) is 0.814. The van der Waals surface area contributed by atoms with Crippen molar-refractivity contribution in [3.8, 4) is 0 Å². The first-order valence-electron chi connectivity index (χ1n) is 4.58. The maximum Gasteiger partial charge on any atom is 0.137 e. The molecule has 0 amide bonds. The first kappa shape index (κ1) is 9.21. The predicted molar refractivity (Wildman–Crippen MR) is 51.6 cm³/mol. The highest BCUT2D eigenvalue weighted by molar-refractivity contribution is 5.80. The molecule has 0 radical (unpaired) electrons. The molecule has 0 unspecified atom stereocenters. The highest BCUT2D eigenvalue weighted by atomic mass is 19.1. The first-order valence-corrected chi connectivity index (χ1v) is 4.58. The van der Waals surface area contributed by atoms with Crippen LogP contribution in [0.15, 0.2) is 28.9 Å². The number of rotatable bonds is 3. The molecule has 0 aliphatic rings. The molecule has 2 aromatic rings. The molecule has 0 saturated heterocycles. The molecule has 0 saturated carbocycles. The van der Waals surface area contributed by atoms with Crippen LogP contribution in [0.2, 0.25) is 0 Å². The summed E-state index contributed by atoms with van der Waals surface area (Å²) in [5.41, 5.74) is 1.54. The van der Waals surface area contributed by atoms with E-state index in [2.05, 4.69) is 0 Å². The number of aliphatic hydroxyl groups is 1. The van der Waals surface area contributed by atoms with Crippen molar-refractivity contribution in [3.63, 3.8) is 0 Å². The van der Waals surface area contributed by atoms with E-state index in [-0.39, 0.29) is 12.4 Å². The van der Waals surface area contributed by atoms with E-state index in [4.69, 9.17) is 9.52 Å². The Morgan fingerprint density at radius 2 is 2.21 bits per heavy atom. The zero-order valence-corrected chi connectivity index (χ0v) is 7.66. The van der Waals surface area contributed by atoms with Gasteiger partial charge in [0.1, 0.15) is 11.4 Å². The lowest BCUT2D eigenvalue weighted by Gasteiger charge is -2.01. The maximum atomic E-state index is 13.1. The van der Waals surface area contributed by atoms with Crippen LogP contribution in [0.3, 0.4) is 0 Å². The molecule has 1 aromatic heterocycles. The topological polar surface area (TPSA) is 33.4 Å². The van der Waals surface area contributed by atoms with Crippen LogP contribution in [-0.2, 0) is 6.42 Å². The van der Waals surface area contributed by atoms with Gasteiger partial charge < -0.3 is 9.52 Å². The van der Waals surface area contributed by atoms with Gasteiger partial charge in [0.15, 0.2) is 0 Å². The fourth-order valence-corrected chi connectivity index (χ4v) is 1.57. The van der Waals surface area contributed by atoms with Crippen molar-refractivity contribution in [2.45, 2.75) is 12.8 Å². The zero-order chi connectivity index (χ0) is 9.97. The monoisotopic (exact) mass is 194 g/mol. The Hall–Kier alpha value is -1.35. The molecule has 1 aromatic carbocycles.